The molecule has 0 unspecified atom stereocenters. The fraction of sp³-hybridized carbons (Fsp3) is 0.0385. The maximum Gasteiger partial charge on any atom is 0.279 e. The van der Waals surface area contributed by atoms with E-state index < -0.39 is 21.7 Å². The zero-order valence-corrected chi connectivity index (χ0v) is 20.8. The molecule has 0 saturated heterocycles. The van der Waals surface area contributed by atoms with E-state index in [-0.39, 0.29) is 28.0 Å². The van der Waals surface area contributed by atoms with Gasteiger partial charge in [0.1, 0.15) is 10.7 Å². The van der Waals surface area contributed by atoms with Crippen LogP contribution in [0.5, 0.6) is 0 Å². The molecular formula is C26H20FN5O3S2. The van der Waals surface area contributed by atoms with Crippen molar-refractivity contribution in [3.8, 4) is 0 Å². The minimum atomic E-state index is -4.00. The lowest BCUT2D eigenvalue weighted by Gasteiger charge is -2.18. The highest BCUT2D eigenvalue weighted by atomic mass is 32.2. The van der Waals surface area contributed by atoms with Gasteiger partial charge >= 0.3 is 0 Å². The number of sulfonamides is 1. The Balaban J connectivity index is 1.43. The zero-order chi connectivity index (χ0) is 26.2. The van der Waals surface area contributed by atoms with Crippen LogP contribution >= 0.6 is 12.2 Å². The van der Waals surface area contributed by atoms with Gasteiger partial charge in [-0.2, -0.15) is 5.10 Å². The van der Waals surface area contributed by atoms with Crippen molar-refractivity contribution in [1.82, 2.24) is 5.43 Å². The Hall–Kier alpha value is -4.19. The van der Waals surface area contributed by atoms with Gasteiger partial charge in [-0.05, 0) is 58.9 Å². The minimum absolute atomic E-state index is 0.0291. The summed E-state index contributed by atoms with van der Waals surface area (Å²) in [6.07, 6.45) is 0. The topological polar surface area (TPSA) is 117 Å². The third-order valence-corrected chi connectivity index (χ3v) is 7.03. The Labute approximate surface area is 217 Å². The van der Waals surface area contributed by atoms with Gasteiger partial charge in [0.15, 0.2) is 10.8 Å². The fourth-order valence-electron chi connectivity index (χ4n) is 4.23. The number of nitrogens with one attached hydrogen (secondary N) is 2. The third-order valence-electron chi connectivity index (χ3n) is 5.87. The van der Waals surface area contributed by atoms with E-state index in [4.69, 9.17) is 17.4 Å². The lowest BCUT2D eigenvalue weighted by Crippen LogP contribution is -2.32. The summed E-state index contributed by atoms with van der Waals surface area (Å²) in [5.41, 5.74) is 4.42. The number of fused-ring (bicyclic) bond motifs is 2. The first-order chi connectivity index (χ1) is 17.7. The minimum Gasteiger partial charge on any atom is -0.330 e. The van der Waals surface area contributed by atoms with E-state index in [1.165, 1.54) is 41.3 Å². The van der Waals surface area contributed by atoms with Crippen molar-refractivity contribution in [2.45, 2.75) is 11.4 Å². The number of nitrogens with two attached hydrogens (primary N) is 1. The van der Waals surface area contributed by atoms with Crippen LogP contribution in [-0.2, 0) is 21.4 Å². The van der Waals surface area contributed by atoms with Crippen LogP contribution in [0.15, 0.2) is 94.9 Å². The smallest absolute Gasteiger partial charge is 0.279 e. The Morgan fingerprint density at radius 2 is 1.73 bits per heavy atom. The number of thiocarbonyl (C=S) groups is 1. The Morgan fingerprint density at radius 1 is 1.00 bits per heavy atom. The van der Waals surface area contributed by atoms with Gasteiger partial charge in [-0.1, -0.05) is 54.6 Å². The van der Waals surface area contributed by atoms with E-state index in [9.17, 15) is 17.6 Å². The lowest BCUT2D eigenvalue weighted by atomic mass is 10.0. The van der Waals surface area contributed by atoms with Crippen LogP contribution in [-0.4, -0.2) is 25.1 Å². The number of nitrogens with zero attached hydrogens (tertiary/aromatic N) is 2. The molecule has 1 heterocycles. The second kappa shape index (κ2) is 9.69. The number of amides is 1. The largest absolute Gasteiger partial charge is 0.330 e. The van der Waals surface area contributed by atoms with Crippen molar-refractivity contribution in [3.05, 3.63) is 102 Å². The van der Waals surface area contributed by atoms with E-state index in [1.54, 1.807) is 6.07 Å². The molecule has 0 saturated carbocycles. The van der Waals surface area contributed by atoms with Crippen LogP contribution in [0.25, 0.3) is 10.8 Å². The maximum absolute atomic E-state index is 14.2. The number of carbonyl (C=O) groups excluding carboxylic acids is 1. The van der Waals surface area contributed by atoms with E-state index >= 15 is 0 Å². The van der Waals surface area contributed by atoms with Crippen molar-refractivity contribution in [2.24, 2.45) is 10.2 Å². The predicted molar refractivity (Wildman–Crippen MR) is 145 cm³/mol. The van der Waals surface area contributed by atoms with Crippen LogP contribution in [0.2, 0.25) is 0 Å². The Kier molecular flexibility index (Phi) is 6.42. The number of hydrogen-bond acceptors (Lipinski definition) is 5. The van der Waals surface area contributed by atoms with Crippen LogP contribution in [0.1, 0.15) is 11.1 Å². The number of anilines is 2. The number of halogens is 1. The average molecular weight is 534 g/mol. The van der Waals surface area contributed by atoms with Crippen molar-refractivity contribution < 1.29 is 17.6 Å². The molecule has 0 aliphatic carbocycles. The van der Waals surface area contributed by atoms with Crippen LogP contribution in [0.3, 0.4) is 0 Å². The van der Waals surface area contributed by atoms with Crippen molar-refractivity contribution in [1.29, 1.82) is 0 Å². The standard InChI is InChI=1S/C26H20FN5O3S2/c27-18-12-13-22-20(14-18)24(30-31-26(36)29-21-10-3-4-11-23(21)37(28,34)35)25(33)32(22)15-17-8-5-7-16-6-1-2-9-19(16)17/h1-14H,15H2,(H2,28,34,35)(H2,29,31,36). The molecule has 4 aromatic rings. The summed E-state index contributed by atoms with van der Waals surface area (Å²) in [6, 6.07) is 23.7. The molecule has 5 rings (SSSR count). The molecule has 8 nitrogen and oxygen atoms in total. The molecule has 0 spiro atoms. The van der Waals surface area contributed by atoms with Gasteiger partial charge in [0.25, 0.3) is 5.91 Å². The van der Waals surface area contributed by atoms with E-state index in [0.717, 1.165) is 16.3 Å². The number of benzene rings is 4. The molecule has 0 bridgehead atoms. The lowest BCUT2D eigenvalue weighted by molar-refractivity contribution is -0.112. The summed E-state index contributed by atoms with van der Waals surface area (Å²) in [7, 11) is -4.00. The quantitative estimate of drug-likeness (QED) is 0.265. The molecule has 4 aromatic carbocycles. The third kappa shape index (κ3) is 4.92. The van der Waals surface area contributed by atoms with Gasteiger partial charge in [-0.15, -0.1) is 0 Å². The molecule has 0 fully saturated rings. The van der Waals surface area contributed by atoms with Gasteiger partial charge in [-0.25, -0.2) is 17.9 Å². The average Bonchev–Trinajstić information content (AvgIpc) is 3.12. The monoisotopic (exact) mass is 533 g/mol. The first kappa shape index (κ1) is 24.5. The predicted octanol–water partition coefficient (Wildman–Crippen LogP) is 3.86. The molecule has 0 aromatic heterocycles. The molecule has 0 atom stereocenters. The number of para-hydroxylation sites is 1. The van der Waals surface area contributed by atoms with Crippen LogP contribution in [0.4, 0.5) is 15.8 Å². The summed E-state index contributed by atoms with van der Waals surface area (Å²) in [4.78, 5) is 14.8. The van der Waals surface area contributed by atoms with E-state index in [0.29, 0.717) is 11.3 Å². The highest BCUT2D eigenvalue weighted by Gasteiger charge is 2.35. The van der Waals surface area contributed by atoms with Gasteiger partial charge in [0, 0.05) is 5.56 Å². The fourth-order valence-corrected chi connectivity index (χ4v) is 5.08. The summed E-state index contributed by atoms with van der Waals surface area (Å²) in [5.74, 6) is -0.956. The van der Waals surface area contributed by atoms with E-state index in [2.05, 4.69) is 15.8 Å². The summed E-state index contributed by atoms with van der Waals surface area (Å²) < 4.78 is 37.8. The Morgan fingerprint density at radius 3 is 2.54 bits per heavy atom. The molecule has 11 heteroatoms. The van der Waals surface area contributed by atoms with Crippen molar-refractivity contribution in [2.75, 3.05) is 10.2 Å². The van der Waals surface area contributed by atoms with Gasteiger partial charge < -0.3 is 10.2 Å². The second-order valence-electron chi connectivity index (χ2n) is 8.26. The van der Waals surface area contributed by atoms with Crippen LogP contribution < -0.4 is 20.8 Å². The summed E-state index contributed by atoms with van der Waals surface area (Å²) >= 11 is 5.24. The number of hydrogen-bond donors (Lipinski definition) is 3. The molecule has 0 radical (unpaired) electrons. The van der Waals surface area contributed by atoms with Crippen molar-refractivity contribution >= 4 is 61.1 Å². The molecule has 1 aliphatic rings. The van der Waals surface area contributed by atoms with E-state index in [1.807, 2.05) is 42.5 Å². The molecule has 1 aliphatic heterocycles. The summed E-state index contributed by atoms with van der Waals surface area (Å²) in [6.45, 7) is 0.252. The SMILES string of the molecule is NS(=O)(=O)c1ccccc1NC(=S)NN=C1C(=O)N(Cc2cccc3ccccc23)c2ccc(F)cc21. The van der Waals surface area contributed by atoms with Gasteiger partial charge in [0.05, 0.1) is 17.9 Å². The Bertz CT molecular complexity index is 1700. The molecular weight excluding hydrogens is 513 g/mol. The normalized spacial score (nSPS) is 14.2. The van der Waals surface area contributed by atoms with Gasteiger partial charge in [0.2, 0.25) is 10.0 Å². The second-order valence-corrected chi connectivity index (χ2v) is 10.2. The molecule has 186 valence electrons. The molecule has 1 amide bonds. The number of carbonyl (C=O) groups is 1. The zero-order valence-electron chi connectivity index (χ0n) is 19.2. The number of hydrazone groups is 1. The first-order valence-corrected chi connectivity index (χ1v) is 13.0. The van der Waals surface area contributed by atoms with Gasteiger partial charge in [-0.3, -0.25) is 10.2 Å². The number of primary sulfonamides is 1. The molecule has 37 heavy (non-hydrogen) atoms. The first-order valence-electron chi connectivity index (χ1n) is 11.1. The highest BCUT2D eigenvalue weighted by molar-refractivity contribution is 7.89. The molecule has 4 N–H and O–H groups in total. The highest BCUT2D eigenvalue weighted by Crippen LogP contribution is 2.32. The van der Waals surface area contributed by atoms with Crippen molar-refractivity contribution in [3.63, 3.8) is 0 Å². The maximum atomic E-state index is 14.2. The van der Waals surface area contributed by atoms with Crippen LogP contribution in [0, 0.1) is 5.82 Å². The number of rotatable bonds is 5. The summed E-state index contributed by atoms with van der Waals surface area (Å²) in [5, 5.41) is 14.1.